The maximum absolute atomic E-state index is 12.5. The van der Waals surface area contributed by atoms with E-state index < -0.39 is 10.0 Å². The van der Waals surface area contributed by atoms with Crippen LogP contribution < -0.4 is 4.72 Å². The number of halogens is 1. The molecule has 4 rings (SSSR count). The fourth-order valence-electron chi connectivity index (χ4n) is 3.34. The van der Waals surface area contributed by atoms with Gasteiger partial charge in [0.1, 0.15) is 11.3 Å². The van der Waals surface area contributed by atoms with Gasteiger partial charge in [0.15, 0.2) is 0 Å². The molecule has 0 aliphatic heterocycles. The van der Waals surface area contributed by atoms with Gasteiger partial charge >= 0.3 is 0 Å². The Hall–Kier alpha value is -1.98. The van der Waals surface area contributed by atoms with Gasteiger partial charge in [-0.1, -0.05) is 18.5 Å². The van der Waals surface area contributed by atoms with E-state index in [4.69, 9.17) is 16.0 Å². The molecule has 0 amide bonds. The van der Waals surface area contributed by atoms with E-state index in [0.717, 1.165) is 36.0 Å². The van der Waals surface area contributed by atoms with Crippen molar-refractivity contribution in [3.63, 3.8) is 0 Å². The van der Waals surface area contributed by atoms with E-state index in [-0.39, 0.29) is 4.90 Å². The molecule has 130 valence electrons. The SMILES string of the molecule is C[C@H]1CCc2c(oc3ccc(NS(=O)(=O)c4ccc(Cl)cc4)cc23)C1. The van der Waals surface area contributed by atoms with Crippen molar-refractivity contribution in [3.8, 4) is 0 Å². The first kappa shape index (κ1) is 16.5. The molecule has 25 heavy (non-hydrogen) atoms. The maximum atomic E-state index is 12.5. The molecule has 0 saturated carbocycles. The van der Waals surface area contributed by atoms with E-state index in [2.05, 4.69) is 11.6 Å². The van der Waals surface area contributed by atoms with Crippen LogP contribution in [0.3, 0.4) is 0 Å². The van der Waals surface area contributed by atoms with Crippen LogP contribution in [0.2, 0.25) is 5.02 Å². The number of hydrogen-bond donors (Lipinski definition) is 1. The number of anilines is 1. The molecule has 0 fully saturated rings. The number of benzene rings is 2. The number of sulfonamides is 1. The Morgan fingerprint density at radius 3 is 2.68 bits per heavy atom. The summed E-state index contributed by atoms with van der Waals surface area (Å²) in [7, 11) is -3.65. The first-order valence-corrected chi connectivity index (χ1v) is 10.1. The Bertz CT molecular complexity index is 1040. The molecule has 0 bridgehead atoms. The quantitative estimate of drug-likeness (QED) is 0.699. The summed E-state index contributed by atoms with van der Waals surface area (Å²) >= 11 is 5.83. The second-order valence-corrected chi connectivity index (χ2v) is 8.74. The van der Waals surface area contributed by atoms with Gasteiger partial charge in [-0.25, -0.2) is 8.42 Å². The summed E-state index contributed by atoms with van der Waals surface area (Å²) in [5.74, 6) is 1.65. The first-order chi connectivity index (χ1) is 11.9. The highest BCUT2D eigenvalue weighted by molar-refractivity contribution is 7.92. The Morgan fingerprint density at radius 1 is 1.16 bits per heavy atom. The van der Waals surface area contributed by atoms with Crippen LogP contribution >= 0.6 is 11.6 Å². The number of rotatable bonds is 3. The van der Waals surface area contributed by atoms with Gasteiger partial charge in [-0.3, -0.25) is 4.72 Å². The largest absolute Gasteiger partial charge is 0.461 e. The number of nitrogens with one attached hydrogen (secondary N) is 1. The molecule has 1 aromatic heterocycles. The molecular formula is C19H18ClNO3S. The van der Waals surface area contributed by atoms with Crippen molar-refractivity contribution < 1.29 is 12.8 Å². The smallest absolute Gasteiger partial charge is 0.261 e. The van der Waals surface area contributed by atoms with Crippen molar-refractivity contribution in [1.29, 1.82) is 0 Å². The van der Waals surface area contributed by atoms with Gasteiger partial charge in [0.2, 0.25) is 0 Å². The fourth-order valence-corrected chi connectivity index (χ4v) is 4.51. The monoisotopic (exact) mass is 375 g/mol. The van der Waals surface area contributed by atoms with Crippen LogP contribution in [0.25, 0.3) is 11.0 Å². The van der Waals surface area contributed by atoms with E-state index in [1.54, 1.807) is 18.2 Å². The van der Waals surface area contributed by atoms with E-state index in [1.165, 1.54) is 17.7 Å². The summed E-state index contributed by atoms with van der Waals surface area (Å²) in [6, 6.07) is 11.5. The van der Waals surface area contributed by atoms with Crippen LogP contribution in [0.4, 0.5) is 5.69 Å². The van der Waals surface area contributed by atoms with Crippen molar-refractivity contribution in [3.05, 3.63) is 58.8 Å². The lowest BCUT2D eigenvalue weighted by Crippen LogP contribution is -2.12. The van der Waals surface area contributed by atoms with Crippen LogP contribution in [-0.4, -0.2) is 8.42 Å². The zero-order valence-corrected chi connectivity index (χ0v) is 15.3. The van der Waals surface area contributed by atoms with E-state index in [0.29, 0.717) is 16.6 Å². The normalized spacial score (nSPS) is 17.4. The van der Waals surface area contributed by atoms with Gasteiger partial charge in [-0.2, -0.15) is 0 Å². The third-order valence-electron chi connectivity index (χ3n) is 4.67. The number of furan rings is 1. The highest BCUT2D eigenvalue weighted by atomic mass is 35.5. The van der Waals surface area contributed by atoms with Crippen molar-refractivity contribution in [2.75, 3.05) is 4.72 Å². The summed E-state index contributed by atoms with van der Waals surface area (Å²) in [4.78, 5) is 0.181. The molecule has 4 nitrogen and oxygen atoms in total. The minimum atomic E-state index is -3.65. The summed E-state index contributed by atoms with van der Waals surface area (Å²) in [5, 5.41) is 1.50. The minimum Gasteiger partial charge on any atom is -0.461 e. The minimum absolute atomic E-state index is 0.181. The summed E-state index contributed by atoms with van der Waals surface area (Å²) < 4.78 is 33.7. The molecule has 3 aromatic rings. The molecule has 1 aliphatic rings. The highest BCUT2D eigenvalue weighted by Crippen LogP contribution is 2.35. The average molecular weight is 376 g/mol. The second-order valence-electron chi connectivity index (χ2n) is 6.62. The lowest BCUT2D eigenvalue weighted by Gasteiger charge is -2.16. The Kier molecular flexibility index (Phi) is 4.01. The fraction of sp³-hybridized carbons (Fsp3) is 0.263. The van der Waals surface area contributed by atoms with Crippen LogP contribution in [-0.2, 0) is 22.9 Å². The van der Waals surface area contributed by atoms with Crippen LogP contribution in [0.15, 0.2) is 51.8 Å². The van der Waals surface area contributed by atoms with Gasteiger partial charge in [0.25, 0.3) is 10.0 Å². The molecule has 0 radical (unpaired) electrons. The van der Waals surface area contributed by atoms with Crippen molar-refractivity contribution >= 4 is 38.3 Å². The Balaban J connectivity index is 1.69. The topological polar surface area (TPSA) is 59.3 Å². The highest BCUT2D eigenvalue weighted by Gasteiger charge is 2.22. The summed E-state index contributed by atoms with van der Waals surface area (Å²) in [6.07, 6.45) is 3.04. The van der Waals surface area contributed by atoms with E-state index in [9.17, 15) is 8.42 Å². The second kappa shape index (κ2) is 6.07. The number of fused-ring (bicyclic) bond motifs is 3. The van der Waals surface area contributed by atoms with Gasteiger partial charge in [0.05, 0.1) is 4.90 Å². The first-order valence-electron chi connectivity index (χ1n) is 8.25. The Labute approximate surface area is 151 Å². The third-order valence-corrected chi connectivity index (χ3v) is 6.32. The molecule has 0 spiro atoms. The van der Waals surface area contributed by atoms with Crippen LogP contribution in [0.5, 0.6) is 0 Å². The molecule has 6 heteroatoms. The van der Waals surface area contributed by atoms with Crippen LogP contribution in [0.1, 0.15) is 24.7 Å². The molecule has 1 aliphatic carbocycles. The number of hydrogen-bond acceptors (Lipinski definition) is 3. The molecule has 0 unspecified atom stereocenters. The zero-order valence-electron chi connectivity index (χ0n) is 13.8. The van der Waals surface area contributed by atoms with Crippen molar-refractivity contribution in [2.24, 2.45) is 5.92 Å². The van der Waals surface area contributed by atoms with Gasteiger partial charge in [0, 0.05) is 28.1 Å². The van der Waals surface area contributed by atoms with Gasteiger partial charge in [-0.15, -0.1) is 0 Å². The molecule has 1 heterocycles. The predicted octanol–water partition coefficient (Wildman–Crippen LogP) is 5.01. The summed E-state index contributed by atoms with van der Waals surface area (Å²) in [6.45, 7) is 2.22. The van der Waals surface area contributed by atoms with E-state index in [1.807, 2.05) is 12.1 Å². The third kappa shape index (κ3) is 3.14. The molecule has 1 atom stereocenters. The van der Waals surface area contributed by atoms with Gasteiger partial charge in [-0.05, 0) is 61.2 Å². The van der Waals surface area contributed by atoms with Crippen molar-refractivity contribution in [2.45, 2.75) is 31.1 Å². The zero-order chi connectivity index (χ0) is 17.6. The molecule has 2 aromatic carbocycles. The number of aryl methyl sites for hydroxylation is 1. The molecule has 1 N–H and O–H groups in total. The lowest BCUT2D eigenvalue weighted by molar-refractivity contribution is 0.426. The maximum Gasteiger partial charge on any atom is 0.261 e. The summed E-state index contributed by atoms with van der Waals surface area (Å²) in [5.41, 5.74) is 2.55. The standard InChI is InChI=1S/C19H18ClNO3S/c1-12-2-8-16-17-11-14(5-9-18(17)24-19(16)10-12)21-25(22,23)15-6-3-13(20)4-7-15/h3-7,9,11-12,21H,2,8,10H2,1H3/t12-/m0/s1. The van der Waals surface area contributed by atoms with Crippen molar-refractivity contribution in [1.82, 2.24) is 0 Å². The molecular weight excluding hydrogens is 358 g/mol. The molecule has 0 saturated heterocycles. The lowest BCUT2D eigenvalue weighted by atomic mass is 9.88. The Morgan fingerprint density at radius 2 is 1.92 bits per heavy atom. The predicted molar refractivity (Wildman–Crippen MR) is 99.7 cm³/mol. The van der Waals surface area contributed by atoms with E-state index >= 15 is 0 Å². The average Bonchev–Trinajstić information content (AvgIpc) is 2.91. The van der Waals surface area contributed by atoms with Gasteiger partial charge < -0.3 is 4.42 Å². The van der Waals surface area contributed by atoms with Crippen LogP contribution in [0, 0.1) is 5.92 Å².